The lowest BCUT2D eigenvalue weighted by molar-refractivity contribution is 0.501. The third-order valence-electron chi connectivity index (χ3n) is 2.90. The smallest absolute Gasteiger partial charge is 0.132 e. The van der Waals surface area contributed by atoms with Crippen molar-refractivity contribution >= 4 is 5.82 Å². The average molecular weight is 221 g/mol. The third kappa shape index (κ3) is 3.20. The minimum Gasteiger partial charge on any atom is -0.357 e. The van der Waals surface area contributed by atoms with Crippen molar-refractivity contribution in [2.45, 2.75) is 39.8 Å². The third-order valence-corrected chi connectivity index (χ3v) is 2.90. The first-order chi connectivity index (χ1) is 7.56. The summed E-state index contributed by atoms with van der Waals surface area (Å²) in [6, 6.07) is 4.47. The maximum atomic E-state index is 5.72. The van der Waals surface area contributed by atoms with E-state index in [1.807, 2.05) is 18.3 Å². The van der Waals surface area contributed by atoms with Gasteiger partial charge >= 0.3 is 0 Å². The summed E-state index contributed by atoms with van der Waals surface area (Å²) in [4.78, 5) is 6.65. The van der Waals surface area contributed by atoms with Crippen LogP contribution in [-0.2, 0) is 6.54 Å². The fourth-order valence-electron chi connectivity index (χ4n) is 1.96. The molecule has 0 aromatic carbocycles. The van der Waals surface area contributed by atoms with Gasteiger partial charge in [-0.15, -0.1) is 0 Å². The van der Waals surface area contributed by atoms with E-state index in [-0.39, 0.29) is 0 Å². The predicted octanol–water partition coefficient (Wildman–Crippen LogP) is 2.41. The molecule has 1 heterocycles. The summed E-state index contributed by atoms with van der Waals surface area (Å²) in [5.41, 5.74) is 6.83. The lowest BCUT2D eigenvalue weighted by atomic mass is 10.0. The van der Waals surface area contributed by atoms with Gasteiger partial charge in [0.05, 0.1) is 0 Å². The SMILES string of the molecule is CC(C)CC(C)N(C)c1ncccc1CN. The van der Waals surface area contributed by atoms with Crippen molar-refractivity contribution in [1.29, 1.82) is 0 Å². The Labute approximate surface area is 98.7 Å². The van der Waals surface area contributed by atoms with Crippen LogP contribution >= 0.6 is 0 Å². The molecule has 0 saturated carbocycles. The molecule has 90 valence electrons. The zero-order chi connectivity index (χ0) is 12.1. The van der Waals surface area contributed by atoms with Crippen molar-refractivity contribution in [2.75, 3.05) is 11.9 Å². The van der Waals surface area contributed by atoms with E-state index in [1.54, 1.807) is 0 Å². The van der Waals surface area contributed by atoms with Gasteiger partial charge in [0.25, 0.3) is 0 Å². The topological polar surface area (TPSA) is 42.2 Å². The molecule has 0 spiro atoms. The normalized spacial score (nSPS) is 12.9. The number of anilines is 1. The molecule has 1 unspecified atom stereocenters. The highest BCUT2D eigenvalue weighted by molar-refractivity contribution is 5.46. The van der Waals surface area contributed by atoms with Crippen LogP contribution in [0.3, 0.4) is 0 Å². The van der Waals surface area contributed by atoms with E-state index in [2.05, 4.69) is 37.7 Å². The van der Waals surface area contributed by atoms with Gasteiger partial charge in [-0.3, -0.25) is 0 Å². The zero-order valence-electron chi connectivity index (χ0n) is 10.8. The van der Waals surface area contributed by atoms with Crippen molar-refractivity contribution < 1.29 is 0 Å². The lowest BCUT2D eigenvalue weighted by Crippen LogP contribution is -2.31. The summed E-state index contributed by atoms with van der Waals surface area (Å²) in [6.45, 7) is 7.26. The van der Waals surface area contributed by atoms with Gasteiger partial charge in [0.1, 0.15) is 5.82 Å². The maximum Gasteiger partial charge on any atom is 0.132 e. The summed E-state index contributed by atoms with van der Waals surface area (Å²) >= 11 is 0. The van der Waals surface area contributed by atoms with Gasteiger partial charge in [-0.1, -0.05) is 19.9 Å². The number of rotatable bonds is 5. The quantitative estimate of drug-likeness (QED) is 0.830. The molecule has 3 heteroatoms. The van der Waals surface area contributed by atoms with Crippen molar-refractivity contribution in [2.24, 2.45) is 11.7 Å². The second-order valence-corrected chi connectivity index (χ2v) is 4.78. The molecule has 1 atom stereocenters. The number of nitrogens with two attached hydrogens (primary N) is 1. The van der Waals surface area contributed by atoms with Crippen LogP contribution in [0.2, 0.25) is 0 Å². The monoisotopic (exact) mass is 221 g/mol. The Morgan fingerprint density at radius 3 is 2.62 bits per heavy atom. The van der Waals surface area contributed by atoms with E-state index < -0.39 is 0 Å². The van der Waals surface area contributed by atoms with Crippen LogP contribution in [0.1, 0.15) is 32.8 Å². The minimum absolute atomic E-state index is 0.486. The van der Waals surface area contributed by atoms with Crippen LogP contribution in [0.25, 0.3) is 0 Å². The highest BCUT2D eigenvalue weighted by Gasteiger charge is 2.14. The zero-order valence-corrected chi connectivity index (χ0v) is 10.8. The number of pyridine rings is 1. The maximum absolute atomic E-state index is 5.72. The molecule has 3 nitrogen and oxygen atoms in total. The van der Waals surface area contributed by atoms with Crippen LogP contribution in [0, 0.1) is 5.92 Å². The summed E-state index contributed by atoms with van der Waals surface area (Å²) in [7, 11) is 2.09. The van der Waals surface area contributed by atoms with Gasteiger partial charge in [-0.05, 0) is 25.3 Å². The van der Waals surface area contributed by atoms with Crippen molar-refractivity contribution in [3.05, 3.63) is 23.9 Å². The molecule has 0 aliphatic rings. The first kappa shape index (κ1) is 13.0. The van der Waals surface area contributed by atoms with Gasteiger partial charge < -0.3 is 10.6 Å². The van der Waals surface area contributed by atoms with Crippen LogP contribution in [0.5, 0.6) is 0 Å². The molecule has 1 rings (SSSR count). The second kappa shape index (κ2) is 5.85. The lowest BCUT2D eigenvalue weighted by Gasteiger charge is -2.28. The summed E-state index contributed by atoms with van der Waals surface area (Å²) in [5.74, 6) is 1.71. The fraction of sp³-hybridized carbons (Fsp3) is 0.615. The Balaban J connectivity index is 2.82. The number of nitrogens with zero attached hydrogens (tertiary/aromatic N) is 2. The van der Waals surface area contributed by atoms with E-state index >= 15 is 0 Å². The van der Waals surface area contributed by atoms with E-state index in [1.165, 1.54) is 0 Å². The molecule has 1 aromatic rings. The molecule has 0 bridgehead atoms. The fourth-order valence-corrected chi connectivity index (χ4v) is 1.96. The Bertz CT molecular complexity index is 323. The van der Waals surface area contributed by atoms with Crippen LogP contribution in [0.15, 0.2) is 18.3 Å². The number of hydrogen-bond donors (Lipinski definition) is 1. The largest absolute Gasteiger partial charge is 0.357 e. The molecule has 0 aliphatic carbocycles. The van der Waals surface area contributed by atoms with E-state index in [0.29, 0.717) is 18.5 Å². The average Bonchev–Trinajstić information content (AvgIpc) is 2.27. The highest BCUT2D eigenvalue weighted by Crippen LogP contribution is 2.20. The van der Waals surface area contributed by atoms with Crippen LogP contribution in [-0.4, -0.2) is 18.1 Å². The number of hydrogen-bond acceptors (Lipinski definition) is 3. The van der Waals surface area contributed by atoms with Gasteiger partial charge in [0.15, 0.2) is 0 Å². The molecule has 2 N–H and O–H groups in total. The summed E-state index contributed by atoms with van der Waals surface area (Å²) in [5, 5.41) is 0. The Kier molecular flexibility index (Phi) is 4.74. The molecular formula is C13H23N3. The molecule has 16 heavy (non-hydrogen) atoms. The first-order valence-electron chi connectivity index (χ1n) is 5.93. The molecule has 0 radical (unpaired) electrons. The predicted molar refractivity (Wildman–Crippen MR) is 69.4 cm³/mol. The standard InChI is InChI=1S/C13H23N3/c1-10(2)8-11(3)16(4)13-12(9-14)6-5-7-15-13/h5-7,10-11H,8-9,14H2,1-4H3. The van der Waals surface area contributed by atoms with Gasteiger partial charge in [0, 0.05) is 31.4 Å². The van der Waals surface area contributed by atoms with Gasteiger partial charge in [0.2, 0.25) is 0 Å². The van der Waals surface area contributed by atoms with E-state index in [4.69, 9.17) is 5.73 Å². The van der Waals surface area contributed by atoms with Crippen molar-refractivity contribution in [3.63, 3.8) is 0 Å². The Morgan fingerprint density at radius 1 is 1.38 bits per heavy atom. The molecule has 0 saturated heterocycles. The Morgan fingerprint density at radius 2 is 2.06 bits per heavy atom. The van der Waals surface area contributed by atoms with E-state index in [9.17, 15) is 0 Å². The van der Waals surface area contributed by atoms with Crippen molar-refractivity contribution in [1.82, 2.24) is 4.98 Å². The van der Waals surface area contributed by atoms with Crippen LogP contribution < -0.4 is 10.6 Å². The second-order valence-electron chi connectivity index (χ2n) is 4.78. The highest BCUT2D eigenvalue weighted by atomic mass is 15.2. The summed E-state index contributed by atoms with van der Waals surface area (Å²) in [6.07, 6.45) is 2.99. The van der Waals surface area contributed by atoms with E-state index in [0.717, 1.165) is 17.8 Å². The molecule has 0 amide bonds. The Hall–Kier alpha value is -1.09. The molecule has 0 aliphatic heterocycles. The van der Waals surface area contributed by atoms with Crippen LogP contribution in [0.4, 0.5) is 5.82 Å². The number of aromatic nitrogens is 1. The molecule has 0 fully saturated rings. The molecular weight excluding hydrogens is 198 g/mol. The van der Waals surface area contributed by atoms with Crippen molar-refractivity contribution in [3.8, 4) is 0 Å². The molecule has 1 aromatic heterocycles. The summed E-state index contributed by atoms with van der Waals surface area (Å²) < 4.78 is 0. The van der Waals surface area contributed by atoms with Gasteiger partial charge in [-0.25, -0.2) is 4.98 Å². The van der Waals surface area contributed by atoms with Gasteiger partial charge in [-0.2, -0.15) is 0 Å². The minimum atomic E-state index is 0.486. The first-order valence-corrected chi connectivity index (χ1v) is 5.93.